The summed E-state index contributed by atoms with van der Waals surface area (Å²) in [6.07, 6.45) is 0.294. The molecule has 1 amide bonds. The van der Waals surface area contributed by atoms with Crippen LogP contribution in [0, 0.1) is 6.92 Å². The van der Waals surface area contributed by atoms with Crippen LogP contribution in [0.15, 0.2) is 36.4 Å². The predicted octanol–water partition coefficient (Wildman–Crippen LogP) is 5.05. The van der Waals surface area contributed by atoms with Crippen molar-refractivity contribution in [3.05, 3.63) is 52.0 Å². The number of fused-ring (bicyclic) bond motifs is 3. The molecule has 2 aromatic heterocycles. The lowest BCUT2D eigenvalue weighted by molar-refractivity contribution is -0.115. The molecule has 0 atom stereocenters. The summed E-state index contributed by atoms with van der Waals surface area (Å²) >= 11 is 9.00. The van der Waals surface area contributed by atoms with Gasteiger partial charge in [0.15, 0.2) is 5.13 Å². The van der Waals surface area contributed by atoms with Gasteiger partial charge in [-0.1, -0.05) is 35.1 Å². The molecule has 4 rings (SSSR count). The van der Waals surface area contributed by atoms with E-state index in [4.69, 9.17) is 11.6 Å². The van der Waals surface area contributed by atoms with Gasteiger partial charge >= 0.3 is 0 Å². The Morgan fingerprint density at radius 2 is 1.71 bits per heavy atom. The number of amides is 1. The zero-order valence-electron chi connectivity index (χ0n) is 12.7. The number of carbonyl (C=O) groups excluding carboxylic acids is 1. The first kappa shape index (κ1) is 15.5. The molecule has 7 heteroatoms. The number of carbonyl (C=O) groups is 1. The first-order valence-electron chi connectivity index (χ1n) is 7.29. The van der Waals surface area contributed by atoms with Crippen LogP contribution in [0.25, 0.3) is 20.4 Å². The highest BCUT2D eigenvalue weighted by molar-refractivity contribution is 7.28. The van der Waals surface area contributed by atoms with E-state index in [-0.39, 0.29) is 5.91 Å². The minimum absolute atomic E-state index is 0.0897. The number of hydrogen-bond donors (Lipinski definition) is 1. The van der Waals surface area contributed by atoms with Gasteiger partial charge in [0.1, 0.15) is 0 Å². The van der Waals surface area contributed by atoms with Crippen LogP contribution in [0.3, 0.4) is 0 Å². The lowest BCUT2D eigenvalue weighted by Gasteiger charge is -2.01. The number of thiazole rings is 2. The summed E-state index contributed by atoms with van der Waals surface area (Å²) in [6.45, 7) is 1.99. The van der Waals surface area contributed by atoms with Gasteiger partial charge in [0, 0.05) is 5.02 Å². The Bertz CT molecular complexity index is 1050. The summed E-state index contributed by atoms with van der Waals surface area (Å²) in [7, 11) is 0. The number of aryl methyl sites for hydroxylation is 1. The second-order valence-corrected chi connectivity index (χ2v) is 8.00. The number of hydrogen-bond acceptors (Lipinski definition) is 5. The normalized spacial score (nSPS) is 11.2. The van der Waals surface area contributed by atoms with Crippen molar-refractivity contribution in [1.29, 1.82) is 0 Å². The SMILES string of the molecule is Cc1nc2ccc3nc(NC(=O)Cc4ccc(Cl)cc4)sc3c2s1. The van der Waals surface area contributed by atoms with Crippen molar-refractivity contribution in [2.45, 2.75) is 13.3 Å². The van der Waals surface area contributed by atoms with Gasteiger partial charge in [-0.15, -0.1) is 11.3 Å². The van der Waals surface area contributed by atoms with Crippen molar-refractivity contribution in [1.82, 2.24) is 9.97 Å². The highest BCUT2D eigenvalue weighted by Gasteiger charge is 2.12. The molecule has 1 N–H and O–H groups in total. The second kappa shape index (κ2) is 6.12. The van der Waals surface area contributed by atoms with Crippen LogP contribution < -0.4 is 5.32 Å². The van der Waals surface area contributed by atoms with Gasteiger partial charge in [0.2, 0.25) is 5.91 Å². The molecule has 0 fully saturated rings. The van der Waals surface area contributed by atoms with Crippen LogP contribution >= 0.6 is 34.3 Å². The molecule has 0 spiro atoms. The van der Waals surface area contributed by atoms with Crippen LogP contribution in [0.2, 0.25) is 5.02 Å². The molecule has 0 aliphatic heterocycles. The van der Waals surface area contributed by atoms with Gasteiger partial charge in [-0.05, 0) is 36.8 Å². The molecule has 0 aliphatic rings. The average Bonchev–Trinajstić information content (AvgIpc) is 3.11. The van der Waals surface area contributed by atoms with Gasteiger partial charge in [0.25, 0.3) is 0 Å². The lowest BCUT2D eigenvalue weighted by atomic mass is 10.1. The number of anilines is 1. The molecule has 4 aromatic rings. The van der Waals surface area contributed by atoms with E-state index in [1.165, 1.54) is 11.3 Å². The maximum atomic E-state index is 12.2. The van der Waals surface area contributed by atoms with E-state index in [0.717, 1.165) is 31.0 Å². The number of rotatable bonds is 3. The van der Waals surface area contributed by atoms with Crippen molar-refractivity contribution in [3.8, 4) is 0 Å². The zero-order chi connectivity index (χ0) is 16.7. The fraction of sp³-hybridized carbons (Fsp3) is 0.118. The van der Waals surface area contributed by atoms with Crippen LogP contribution in [0.4, 0.5) is 5.13 Å². The molecule has 24 heavy (non-hydrogen) atoms. The zero-order valence-corrected chi connectivity index (χ0v) is 15.1. The Morgan fingerprint density at radius 3 is 2.46 bits per heavy atom. The van der Waals surface area contributed by atoms with Crippen molar-refractivity contribution in [2.24, 2.45) is 0 Å². The third kappa shape index (κ3) is 3.00. The number of nitrogens with one attached hydrogen (secondary N) is 1. The largest absolute Gasteiger partial charge is 0.302 e. The smallest absolute Gasteiger partial charge is 0.230 e. The first-order valence-corrected chi connectivity index (χ1v) is 9.30. The number of nitrogens with zero attached hydrogens (tertiary/aromatic N) is 2. The fourth-order valence-electron chi connectivity index (χ4n) is 2.49. The molecule has 0 bridgehead atoms. The Balaban J connectivity index is 1.58. The maximum absolute atomic E-state index is 12.2. The van der Waals surface area contributed by atoms with Crippen LogP contribution in [0.1, 0.15) is 10.6 Å². The third-order valence-corrected chi connectivity index (χ3v) is 5.93. The standard InChI is InChI=1S/C17H12ClN3OS2/c1-9-19-12-6-7-13-16(15(12)23-9)24-17(20-13)21-14(22)8-10-2-4-11(18)5-3-10/h2-7H,8H2,1H3,(H,20,21,22). The highest BCUT2D eigenvalue weighted by atomic mass is 35.5. The molecule has 0 radical (unpaired) electrons. The van der Waals surface area contributed by atoms with E-state index in [9.17, 15) is 4.79 Å². The van der Waals surface area contributed by atoms with E-state index < -0.39 is 0 Å². The summed E-state index contributed by atoms with van der Waals surface area (Å²) in [4.78, 5) is 21.2. The maximum Gasteiger partial charge on any atom is 0.230 e. The number of benzene rings is 2. The van der Waals surface area contributed by atoms with Crippen LogP contribution in [0.5, 0.6) is 0 Å². The van der Waals surface area contributed by atoms with E-state index >= 15 is 0 Å². The first-order chi connectivity index (χ1) is 11.6. The predicted molar refractivity (Wildman–Crippen MR) is 101 cm³/mol. The van der Waals surface area contributed by atoms with Gasteiger partial charge in [0.05, 0.1) is 31.9 Å². The van der Waals surface area contributed by atoms with Gasteiger partial charge in [-0.3, -0.25) is 4.79 Å². The van der Waals surface area contributed by atoms with E-state index in [1.807, 2.05) is 31.2 Å². The minimum atomic E-state index is -0.0897. The molecule has 0 aliphatic carbocycles. The van der Waals surface area contributed by atoms with Gasteiger partial charge in [-0.2, -0.15) is 0 Å². The highest BCUT2D eigenvalue weighted by Crippen LogP contribution is 2.35. The second-order valence-electron chi connectivity index (χ2n) is 5.37. The number of halogens is 1. The quantitative estimate of drug-likeness (QED) is 0.546. The summed E-state index contributed by atoms with van der Waals surface area (Å²) in [5, 5.41) is 5.19. The average molecular weight is 374 g/mol. The molecule has 0 saturated carbocycles. The molecule has 0 unspecified atom stereocenters. The van der Waals surface area contributed by atoms with Crippen LogP contribution in [-0.2, 0) is 11.2 Å². The molecule has 120 valence electrons. The minimum Gasteiger partial charge on any atom is -0.302 e. The summed E-state index contributed by atoms with van der Waals surface area (Å²) in [6, 6.07) is 11.2. The Labute approximate surface area is 151 Å². The van der Waals surface area contributed by atoms with Crippen molar-refractivity contribution >= 4 is 65.7 Å². The molecular formula is C17H12ClN3OS2. The summed E-state index contributed by atoms with van der Waals surface area (Å²) in [5.41, 5.74) is 2.78. The molecular weight excluding hydrogens is 362 g/mol. The molecule has 2 heterocycles. The summed E-state index contributed by atoms with van der Waals surface area (Å²) < 4.78 is 2.19. The number of aromatic nitrogens is 2. The summed E-state index contributed by atoms with van der Waals surface area (Å²) in [5.74, 6) is -0.0897. The van der Waals surface area contributed by atoms with E-state index in [2.05, 4.69) is 15.3 Å². The topological polar surface area (TPSA) is 54.9 Å². The fourth-order valence-corrected chi connectivity index (χ4v) is 4.64. The van der Waals surface area contributed by atoms with Gasteiger partial charge < -0.3 is 5.32 Å². The van der Waals surface area contributed by atoms with Crippen molar-refractivity contribution < 1.29 is 4.79 Å². The van der Waals surface area contributed by atoms with Crippen LogP contribution in [-0.4, -0.2) is 15.9 Å². The van der Waals surface area contributed by atoms with Crippen molar-refractivity contribution in [3.63, 3.8) is 0 Å². The Hall–Kier alpha value is -2.02. The third-order valence-electron chi connectivity index (χ3n) is 3.54. The molecule has 2 aromatic carbocycles. The Morgan fingerprint density at radius 1 is 1.04 bits per heavy atom. The van der Waals surface area contributed by atoms with E-state index in [1.54, 1.807) is 23.5 Å². The van der Waals surface area contributed by atoms with Crippen molar-refractivity contribution in [2.75, 3.05) is 5.32 Å². The van der Waals surface area contributed by atoms with Gasteiger partial charge in [-0.25, -0.2) is 9.97 Å². The lowest BCUT2D eigenvalue weighted by Crippen LogP contribution is -2.14. The monoisotopic (exact) mass is 373 g/mol. The molecule has 4 nitrogen and oxygen atoms in total. The Kier molecular flexibility index (Phi) is 3.96. The van der Waals surface area contributed by atoms with E-state index in [0.29, 0.717) is 16.6 Å². The molecule has 0 saturated heterocycles.